The van der Waals surface area contributed by atoms with Crippen molar-refractivity contribution in [2.75, 3.05) is 14.2 Å². The third kappa shape index (κ3) is 2.63. The Morgan fingerprint density at radius 2 is 1.53 bits per heavy atom. The second-order valence-corrected chi connectivity index (χ2v) is 4.93. The number of halogens is 2. The fourth-order valence-corrected chi connectivity index (χ4v) is 2.54. The molecule has 0 aromatic carbocycles. The zero-order valence-electron chi connectivity index (χ0n) is 11.1. The summed E-state index contributed by atoms with van der Waals surface area (Å²) in [6.07, 6.45) is 2.99. The lowest BCUT2D eigenvalue weighted by atomic mass is 9.75. The molecule has 0 spiro atoms. The smallest absolute Gasteiger partial charge is 0.248 e. The number of aromatic nitrogens is 1. The van der Waals surface area contributed by atoms with E-state index in [9.17, 15) is 8.78 Å². The Bertz CT molecular complexity index is 434. The van der Waals surface area contributed by atoms with Crippen LogP contribution in [0.5, 0.6) is 11.5 Å². The fourth-order valence-electron chi connectivity index (χ4n) is 2.54. The first kappa shape index (κ1) is 14.0. The minimum absolute atomic E-state index is 0.191. The van der Waals surface area contributed by atoms with Gasteiger partial charge in [-0.25, -0.2) is 8.78 Å². The number of hydrogen-bond donors (Lipinski definition) is 1. The van der Waals surface area contributed by atoms with Gasteiger partial charge in [0.05, 0.1) is 32.2 Å². The molecule has 1 aromatic heterocycles. The van der Waals surface area contributed by atoms with E-state index in [1.165, 1.54) is 26.6 Å². The number of pyridine rings is 1. The highest BCUT2D eigenvalue weighted by molar-refractivity contribution is 5.47. The Morgan fingerprint density at radius 1 is 1.05 bits per heavy atom. The monoisotopic (exact) mass is 272 g/mol. The van der Waals surface area contributed by atoms with Gasteiger partial charge in [-0.1, -0.05) is 0 Å². The molecule has 2 N–H and O–H groups in total. The van der Waals surface area contributed by atoms with Gasteiger partial charge in [0.1, 0.15) is 11.5 Å². The van der Waals surface area contributed by atoms with Crippen LogP contribution in [0.4, 0.5) is 8.78 Å². The van der Waals surface area contributed by atoms with Crippen molar-refractivity contribution in [1.82, 2.24) is 4.98 Å². The lowest BCUT2D eigenvalue weighted by molar-refractivity contribution is -0.0519. The van der Waals surface area contributed by atoms with Gasteiger partial charge >= 0.3 is 0 Å². The zero-order valence-corrected chi connectivity index (χ0v) is 11.1. The average molecular weight is 272 g/mol. The highest BCUT2D eigenvalue weighted by Gasteiger charge is 2.44. The molecule has 1 fully saturated rings. The third-order valence-corrected chi connectivity index (χ3v) is 3.69. The normalized spacial score (nSPS) is 20.9. The summed E-state index contributed by atoms with van der Waals surface area (Å²) in [5, 5.41) is 0. The molecule has 0 bridgehead atoms. The van der Waals surface area contributed by atoms with Crippen LogP contribution in [0, 0.1) is 0 Å². The quantitative estimate of drug-likeness (QED) is 0.918. The lowest BCUT2D eigenvalue weighted by Crippen LogP contribution is -2.44. The van der Waals surface area contributed by atoms with Crippen molar-refractivity contribution in [2.24, 2.45) is 5.73 Å². The summed E-state index contributed by atoms with van der Waals surface area (Å²) in [6, 6.07) is 0. The Morgan fingerprint density at radius 3 is 1.95 bits per heavy atom. The molecule has 19 heavy (non-hydrogen) atoms. The Kier molecular flexibility index (Phi) is 3.62. The van der Waals surface area contributed by atoms with E-state index in [-0.39, 0.29) is 25.7 Å². The molecule has 0 unspecified atom stereocenters. The van der Waals surface area contributed by atoms with E-state index in [0.717, 1.165) is 0 Å². The maximum Gasteiger partial charge on any atom is 0.248 e. The molecular weight excluding hydrogens is 254 g/mol. The molecule has 1 aromatic rings. The number of methoxy groups -OCH3 is 2. The molecule has 2 rings (SSSR count). The molecule has 1 saturated carbocycles. The molecule has 0 radical (unpaired) electrons. The van der Waals surface area contributed by atoms with Crippen LogP contribution < -0.4 is 15.2 Å². The Balaban J connectivity index is 2.40. The van der Waals surface area contributed by atoms with Crippen molar-refractivity contribution in [1.29, 1.82) is 0 Å². The largest absolute Gasteiger partial charge is 0.495 e. The molecule has 1 aliphatic carbocycles. The van der Waals surface area contributed by atoms with E-state index in [0.29, 0.717) is 17.1 Å². The van der Waals surface area contributed by atoms with Crippen molar-refractivity contribution in [2.45, 2.75) is 37.1 Å². The van der Waals surface area contributed by atoms with E-state index >= 15 is 0 Å². The molecule has 0 aliphatic heterocycles. The summed E-state index contributed by atoms with van der Waals surface area (Å²) < 4.78 is 37.1. The Labute approximate surface area is 110 Å². The van der Waals surface area contributed by atoms with Crippen LogP contribution in [0.2, 0.25) is 0 Å². The van der Waals surface area contributed by atoms with Gasteiger partial charge in [-0.2, -0.15) is 0 Å². The van der Waals surface area contributed by atoms with Crippen LogP contribution in [-0.4, -0.2) is 25.1 Å². The van der Waals surface area contributed by atoms with Crippen molar-refractivity contribution < 1.29 is 18.3 Å². The first-order chi connectivity index (χ1) is 8.92. The third-order valence-electron chi connectivity index (χ3n) is 3.69. The summed E-state index contributed by atoms with van der Waals surface area (Å²) in [4.78, 5) is 3.99. The van der Waals surface area contributed by atoms with Crippen LogP contribution in [0.1, 0.15) is 31.2 Å². The number of ether oxygens (including phenoxy) is 2. The molecule has 0 saturated heterocycles. The second kappa shape index (κ2) is 4.92. The van der Waals surface area contributed by atoms with Crippen LogP contribution in [0.15, 0.2) is 12.4 Å². The van der Waals surface area contributed by atoms with Crippen molar-refractivity contribution in [3.05, 3.63) is 18.0 Å². The molecule has 1 aliphatic rings. The van der Waals surface area contributed by atoms with Crippen LogP contribution in [-0.2, 0) is 5.54 Å². The van der Waals surface area contributed by atoms with Gasteiger partial charge < -0.3 is 15.2 Å². The van der Waals surface area contributed by atoms with Crippen LogP contribution in [0.3, 0.4) is 0 Å². The Hall–Kier alpha value is -1.43. The predicted octanol–water partition coefficient (Wildman–Crippen LogP) is 2.46. The molecule has 1 heterocycles. The fraction of sp³-hybridized carbons (Fsp3) is 0.615. The van der Waals surface area contributed by atoms with Gasteiger partial charge in [0.2, 0.25) is 5.92 Å². The highest BCUT2D eigenvalue weighted by Crippen LogP contribution is 2.47. The molecule has 6 heteroatoms. The van der Waals surface area contributed by atoms with Crippen molar-refractivity contribution in [3.63, 3.8) is 0 Å². The lowest BCUT2D eigenvalue weighted by Gasteiger charge is -2.38. The topological polar surface area (TPSA) is 57.4 Å². The zero-order chi connectivity index (χ0) is 14.1. The van der Waals surface area contributed by atoms with E-state index < -0.39 is 11.5 Å². The molecular formula is C13H18F2N2O2. The second-order valence-electron chi connectivity index (χ2n) is 4.93. The summed E-state index contributed by atoms with van der Waals surface area (Å²) in [5.41, 5.74) is 6.10. The first-order valence-electron chi connectivity index (χ1n) is 6.15. The molecule has 0 amide bonds. The van der Waals surface area contributed by atoms with E-state index in [1.54, 1.807) is 0 Å². The number of alkyl halides is 2. The maximum atomic E-state index is 13.3. The van der Waals surface area contributed by atoms with Crippen LogP contribution in [0.25, 0.3) is 0 Å². The first-order valence-corrected chi connectivity index (χ1v) is 6.15. The van der Waals surface area contributed by atoms with E-state index in [2.05, 4.69) is 4.98 Å². The molecule has 4 nitrogen and oxygen atoms in total. The van der Waals surface area contributed by atoms with Gasteiger partial charge in [0.15, 0.2) is 0 Å². The van der Waals surface area contributed by atoms with Crippen LogP contribution >= 0.6 is 0 Å². The number of hydrogen-bond acceptors (Lipinski definition) is 4. The van der Waals surface area contributed by atoms with Gasteiger partial charge in [-0.15, -0.1) is 0 Å². The predicted molar refractivity (Wildman–Crippen MR) is 66.6 cm³/mol. The molecule has 0 atom stereocenters. The minimum Gasteiger partial charge on any atom is -0.495 e. The van der Waals surface area contributed by atoms with Crippen molar-refractivity contribution in [3.8, 4) is 11.5 Å². The SMILES string of the molecule is COc1cncc(OC)c1C1(N)CCC(F)(F)CC1. The number of nitrogens with two attached hydrogens (primary N) is 1. The minimum atomic E-state index is -2.63. The highest BCUT2D eigenvalue weighted by atomic mass is 19.3. The van der Waals surface area contributed by atoms with Gasteiger partial charge in [0, 0.05) is 18.4 Å². The summed E-state index contributed by atoms with van der Waals surface area (Å²) >= 11 is 0. The summed E-state index contributed by atoms with van der Waals surface area (Å²) in [6.45, 7) is 0. The number of rotatable bonds is 3. The molecule has 106 valence electrons. The standard InChI is InChI=1S/C13H18F2N2O2/c1-18-9-7-17-8-10(19-2)11(9)12(16)3-5-13(14,15)6-4-12/h7-8H,3-6,16H2,1-2H3. The summed E-state index contributed by atoms with van der Waals surface area (Å²) in [5.74, 6) is -1.67. The summed E-state index contributed by atoms with van der Waals surface area (Å²) in [7, 11) is 3.00. The van der Waals surface area contributed by atoms with Gasteiger partial charge in [-0.05, 0) is 12.8 Å². The van der Waals surface area contributed by atoms with Gasteiger partial charge in [-0.3, -0.25) is 4.98 Å². The average Bonchev–Trinajstić information content (AvgIpc) is 2.41. The van der Waals surface area contributed by atoms with Crippen molar-refractivity contribution >= 4 is 0 Å². The van der Waals surface area contributed by atoms with E-state index in [4.69, 9.17) is 15.2 Å². The van der Waals surface area contributed by atoms with Gasteiger partial charge in [0.25, 0.3) is 0 Å². The number of nitrogens with zero attached hydrogens (tertiary/aromatic N) is 1. The maximum absolute atomic E-state index is 13.3. The van der Waals surface area contributed by atoms with E-state index in [1.807, 2.05) is 0 Å².